The number of nitriles is 3. The number of ether oxygens (including phenoxy) is 2. The maximum atomic E-state index is 10.3. The van der Waals surface area contributed by atoms with Crippen LogP contribution < -0.4 is 0 Å². The number of hydrogen-bond acceptors (Lipinski definition) is 6. The third-order valence-corrected chi connectivity index (χ3v) is 6.97. The van der Waals surface area contributed by atoms with Crippen molar-refractivity contribution >= 4 is 5.90 Å². The zero-order valence-corrected chi connectivity index (χ0v) is 16.7. The van der Waals surface area contributed by atoms with Crippen molar-refractivity contribution in [2.45, 2.75) is 63.8 Å². The van der Waals surface area contributed by atoms with Gasteiger partial charge in [-0.05, 0) is 29.9 Å². The summed E-state index contributed by atoms with van der Waals surface area (Å²) in [7, 11) is 0. The van der Waals surface area contributed by atoms with Gasteiger partial charge in [-0.3, -0.25) is 5.41 Å². The molecule has 4 rings (SSSR count). The van der Waals surface area contributed by atoms with E-state index in [1.54, 1.807) is 0 Å². The molecule has 2 aliphatic heterocycles. The zero-order chi connectivity index (χ0) is 20.9. The maximum absolute atomic E-state index is 10.3. The highest BCUT2D eigenvalue weighted by Gasteiger charge is 2.80. The van der Waals surface area contributed by atoms with Gasteiger partial charge in [0.05, 0.1) is 24.1 Å². The maximum Gasteiger partial charge on any atom is 0.217 e. The first-order valence-electron chi connectivity index (χ1n) is 10.2. The summed E-state index contributed by atoms with van der Waals surface area (Å²) in [6.45, 7) is 4.19. The highest BCUT2D eigenvalue weighted by atomic mass is 16.7. The van der Waals surface area contributed by atoms with E-state index in [0.29, 0.717) is 24.3 Å². The molecule has 6 nitrogen and oxygen atoms in total. The van der Waals surface area contributed by atoms with Crippen molar-refractivity contribution in [2.75, 3.05) is 0 Å². The van der Waals surface area contributed by atoms with E-state index in [0.717, 1.165) is 24.8 Å². The molecule has 29 heavy (non-hydrogen) atoms. The Balaban J connectivity index is 1.94. The lowest BCUT2D eigenvalue weighted by molar-refractivity contribution is -0.284. The number of hydrogen-bond donors (Lipinski definition) is 1. The Labute approximate surface area is 171 Å². The molecule has 2 bridgehead atoms. The summed E-state index contributed by atoms with van der Waals surface area (Å²) in [5, 5.41) is 39.4. The monoisotopic (exact) mass is 388 g/mol. The van der Waals surface area contributed by atoms with Crippen molar-refractivity contribution in [3.8, 4) is 18.2 Å². The Bertz CT molecular complexity index is 951. The molecule has 3 fully saturated rings. The van der Waals surface area contributed by atoms with E-state index in [9.17, 15) is 15.8 Å². The van der Waals surface area contributed by atoms with E-state index in [1.807, 2.05) is 24.3 Å². The van der Waals surface area contributed by atoms with E-state index in [-0.39, 0.29) is 5.90 Å². The van der Waals surface area contributed by atoms with E-state index in [2.05, 4.69) is 32.1 Å². The Hall–Kier alpha value is -2.88. The van der Waals surface area contributed by atoms with Gasteiger partial charge in [-0.2, -0.15) is 15.8 Å². The third-order valence-electron chi connectivity index (χ3n) is 6.97. The molecule has 148 valence electrons. The summed E-state index contributed by atoms with van der Waals surface area (Å²) in [5.41, 5.74) is -1.69. The molecule has 1 N–H and O–H groups in total. The average molecular weight is 388 g/mol. The van der Waals surface area contributed by atoms with Gasteiger partial charge in [-0.1, -0.05) is 51.0 Å². The fourth-order valence-corrected chi connectivity index (χ4v) is 5.39. The lowest BCUT2D eigenvalue weighted by atomic mass is 9.52. The predicted molar refractivity (Wildman–Crippen MR) is 104 cm³/mol. The minimum atomic E-state index is -1.85. The number of nitrogens with zero attached hydrogens (tertiary/aromatic N) is 3. The average Bonchev–Trinajstić information content (AvgIpc) is 2.86. The molecular weight excluding hydrogens is 364 g/mol. The van der Waals surface area contributed by atoms with Crippen LogP contribution in [0.2, 0.25) is 0 Å². The Kier molecular flexibility index (Phi) is 4.41. The van der Waals surface area contributed by atoms with E-state index >= 15 is 0 Å². The topological polar surface area (TPSA) is 114 Å². The molecule has 1 aliphatic carbocycles. The fourth-order valence-electron chi connectivity index (χ4n) is 5.39. The standard InChI is InChI=1S/C23H24N4O2/c1-15(2)16-7-9-17(10-8-16)19-21(12-24,13-25)22(14-26)18-6-4-3-5-11-23(18,28-19)29-20(22)27/h7-10,15,18-19,27H,3-6,11H2,1-2H3. The van der Waals surface area contributed by atoms with E-state index < -0.39 is 28.6 Å². The minimum absolute atomic E-state index is 0.295. The lowest BCUT2D eigenvalue weighted by Crippen LogP contribution is -2.59. The first-order chi connectivity index (χ1) is 13.9. The second-order valence-electron chi connectivity index (χ2n) is 8.67. The van der Waals surface area contributed by atoms with Gasteiger partial charge in [-0.15, -0.1) is 0 Å². The summed E-state index contributed by atoms with van der Waals surface area (Å²) < 4.78 is 12.4. The van der Waals surface area contributed by atoms with Gasteiger partial charge in [0.2, 0.25) is 17.1 Å². The van der Waals surface area contributed by atoms with Crippen LogP contribution in [0.15, 0.2) is 24.3 Å². The molecule has 3 aliphatic rings. The molecule has 2 heterocycles. The first-order valence-corrected chi connectivity index (χ1v) is 10.2. The molecule has 2 saturated heterocycles. The summed E-state index contributed by atoms with van der Waals surface area (Å²) in [6, 6.07) is 14.1. The van der Waals surface area contributed by atoms with Crippen LogP contribution >= 0.6 is 0 Å². The van der Waals surface area contributed by atoms with Crippen LogP contribution in [-0.2, 0) is 9.47 Å². The van der Waals surface area contributed by atoms with Crippen LogP contribution in [0.3, 0.4) is 0 Å². The molecule has 1 aromatic rings. The molecule has 4 atom stereocenters. The zero-order valence-electron chi connectivity index (χ0n) is 16.7. The van der Waals surface area contributed by atoms with Crippen LogP contribution in [0.25, 0.3) is 0 Å². The molecular formula is C23H24N4O2. The van der Waals surface area contributed by atoms with Crippen LogP contribution in [0.1, 0.15) is 69.1 Å². The Morgan fingerprint density at radius 1 is 1.03 bits per heavy atom. The first kappa shape index (κ1) is 19.4. The van der Waals surface area contributed by atoms with Gasteiger partial charge < -0.3 is 9.47 Å². The van der Waals surface area contributed by atoms with Gasteiger partial charge in [0.1, 0.15) is 6.10 Å². The van der Waals surface area contributed by atoms with Crippen LogP contribution in [0, 0.1) is 56.2 Å². The lowest BCUT2D eigenvalue weighted by Gasteiger charge is -2.49. The molecule has 0 amide bonds. The number of nitrogens with one attached hydrogen (secondary N) is 1. The van der Waals surface area contributed by atoms with Crippen molar-refractivity contribution in [2.24, 2.45) is 16.7 Å². The van der Waals surface area contributed by atoms with Gasteiger partial charge in [0.25, 0.3) is 0 Å². The molecule has 0 spiro atoms. The van der Waals surface area contributed by atoms with Crippen molar-refractivity contribution < 1.29 is 9.47 Å². The van der Waals surface area contributed by atoms with Crippen molar-refractivity contribution in [3.63, 3.8) is 0 Å². The summed E-state index contributed by atoms with van der Waals surface area (Å²) in [6.07, 6.45) is 2.87. The smallest absolute Gasteiger partial charge is 0.217 e. The van der Waals surface area contributed by atoms with E-state index in [4.69, 9.17) is 14.9 Å². The minimum Gasteiger partial charge on any atom is -0.447 e. The normalized spacial score (nSPS) is 34.8. The molecule has 6 heteroatoms. The summed E-state index contributed by atoms with van der Waals surface area (Å²) in [4.78, 5) is 0. The van der Waals surface area contributed by atoms with Gasteiger partial charge in [0.15, 0.2) is 5.41 Å². The highest BCUT2D eigenvalue weighted by Crippen LogP contribution is 2.68. The largest absolute Gasteiger partial charge is 0.447 e. The molecule has 1 saturated carbocycles. The van der Waals surface area contributed by atoms with Crippen LogP contribution in [-0.4, -0.2) is 11.7 Å². The van der Waals surface area contributed by atoms with Crippen molar-refractivity contribution in [1.82, 2.24) is 0 Å². The quantitative estimate of drug-likeness (QED) is 0.788. The molecule has 0 radical (unpaired) electrons. The van der Waals surface area contributed by atoms with E-state index in [1.165, 1.54) is 0 Å². The predicted octanol–water partition coefficient (Wildman–Crippen LogP) is 4.71. The molecule has 1 aromatic carbocycles. The summed E-state index contributed by atoms with van der Waals surface area (Å²) >= 11 is 0. The van der Waals surface area contributed by atoms with Gasteiger partial charge in [-0.25, -0.2) is 0 Å². The molecule has 4 unspecified atom stereocenters. The highest BCUT2D eigenvalue weighted by molar-refractivity contribution is 5.89. The number of rotatable bonds is 2. The van der Waals surface area contributed by atoms with Crippen molar-refractivity contribution in [1.29, 1.82) is 21.2 Å². The molecule has 0 aromatic heterocycles. The summed E-state index contributed by atoms with van der Waals surface area (Å²) in [5.74, 6) is -1.57. The SMILES string of the molecule is CC(C)c1ccc(C2OC34CCCCCC3C(C#N)(C(=N)O4)C2(C#N)C#N)cc1. The Morgan fingerprint density at radius 2 is 1.72 bits per heavy atom. The number of benzene rings is 1. The second-order valence-corrected chi connectivity index (χ2v) is 8.67. The van der Waals surface area contributed by atoms with Crippen LogP contribution in [0.4, 0.5) is 0 Å². The van der Waals surface area contributed by atoms with Gasteiger partial charge >= 0.3 is 0 Å². The Morgan fingerprint density at radius 3 is 2.31 bits per heavy atom. The van der Waals surface area contributed by atoms with Gasteiger partial charge in [0, 0.05) is 6.42 Å². The van der Waals surface area contributed by atoms with Crippen LogP contribution in [0.5, 0.6) is 0 Å². The second kappa shape index (κ2) is 6.58. The third kappa shape index (κ3) is 2.32. The fraction of sp³-hybridized carbons (Fsp3) is 0.565. The van der Waals surface area contributed by atoms with Crippen molar-refractivity contribution in [3.05, 3.63) is 35.4 Å².